The fourth-order valence-corrected chi connectivity index (χ4v) is 9.79. The highest BCUT2D eigenvalue weighted by Crippen LogP contribution is 2.38. The molecule has 0 saturated heterocycles. The predicted octanol–water partition coefficient (Wildman–Crippen LogP) is 8.15. The van der Waals surface area contributed by atoms with Gasteiger partial charge in [-0.1, -0.05) is 104 Å². The van der Waals surface area contributed by atoms with Crippen LogP contribution in [0.4, 0.5) is 0 Å². The number of aliphatic hydroxyl groups is 4. The predicted molar refractivity (Wildman–Crippen MR) is 301 cm³/mol. The number of esters is 2. The number of benzene rings is 2. The summed E-state index contributed by atoms with van der Waals surface area (Å²) in [5.41, 5.74) is 2.22. The van der Waals surface area contributed by atoms with Gasteiger partial charge in [0.15, 0.2) is 0 Å². The molecular weight excluding hydrogens is 1030 g/mol. The average molecular weight is 1120 g/mol. The van der Waals surface area contributed by atoms with E-state index < -0.39 is 52.8 Å². The molecule has 20 heteroatoms. The monoisotopic (exact) mass is 1120 g/mol. The van der Waals surface area contributed by atoms with Crippen LogP contribution in [0.25, 0.3) is 0 Å². The Balaban J connectivity index is 0.000000421. The van der Waals surface area contributed by atoms with Crippen LogP contribution in [-0.2, 0) is 51.2 Å². The molecule has 0 spiro atoms. The van der Waals surface area contributed by atoms with Gasteiger partial charge in [-0.15, -0.1) is 20.2 Å². The minimum atomic E-state index is -0.893. The lowest BCUT2D eigenvalue weighted by Crippen LogP contribution is -2.22. The van der Waals surface area contributed by atoms with Crippen LogP contribution in [-0.4, -0.2) is 117 Å². The molecule has 0 heterocycles. The Morgan fingerprint density at radius 1 is 0.562 bits per heavy atom. The first-order valence-electron chi connectivity index (χ1n) is 28.5. The van der Waals surface area contributed by atoms with E-state index in [4.69, 9.17) is 9.47 Å². The number of aliphatic hydroxyl groups excluding tert-OH is 4. The van der Waals surface area contributed by atoms with Crippen molar-refractivity contribution in [3.8, 4) is 0 Å². The van der Waals surface area contributed by atoms with Crippen molar-refractivity contribution in [3.05, 3.63) is 141 Å². The zero-order chi connectivity index (χ0) is 58.3. The third kappa shape index (κ3) is 29.7. The van der Waals surface area contributed by atoms with E-state index in [9.17, 15) is 59.8 Å². The van der Waals surface area contributed by atoms with Gasteiger partial charge >= 0.3 is 11.9 Å². The second-order valence-electron chi connectivity index (χ2n) is 20.2. The highest BCUT2D eigenvalue weighted by atomic mass is 17.0. The Kier molecular flexibility index (Phi) is 34.5. The maximum absolute atomic E-state index is 12.6. The first kappa shape index (κ1) is 67.8. The van der Waals surface area contributed by atoms with Crippen molar-refractivity contribution in [1.82, 2.24) is 10.6 Å². The molecule has 2 aromatic rings. The van der Waals surface area contributed by atoms with Gasteiger partial charge in [-0.3, -0.25) is 19.2 Å². The molecule has 0 aromatic heterocycles. The minimum Gasteiger partial charge on any atom is -0.458 e. The molecule has 10 atom stereocenters. The molecule has 2 saturated carbocycles. The van der Waals surface area contributed by atoms with Gasteiger partial charge in [0, 0.05) is 63.5 Å². The summed E-state index contributed by atoms with van der Waals surface area (Å²) in [7, 11) is 0. The SMILES string of the molecule is CCNC(=O)CCC/C=C\C[C@@H]1[C@@H](/C=C/[C@H](CCc2ccccc2)OC(=O)CCCCCO[N+](=O)[O-])[C@H](O)C[C@@H]1O.CCNC(=O)CCC/C=C\C[C@@H]1[C@@H](/C=C/[C@H](CCc2ccccc2)OC(=O)CCCO[N+](=O)[O-])[C@H](O)C[C@@H]1O. The third-order valence-electron chi connectivity index (χ3n) is 14.0. The summed E-state index contributed by atoms with van der Waals surface area (Å²) in [6.45, 7) is 4.85. The van der Waals surface area contributed by atoms with E-state index in [0.717, 1.165) is 36.8 Å². The van der Waals surface area contributed by atoms with Crippen LogP contribution in [0.1, 0.15) is 141 Å². The summed E-state index contributed by atoms with van der Waals surface area (Å²) < 4.78 is 11.4. The number of hydrogen-bond acceptors (Lipinski definition) is 16. The van der Waals surface area contributed by atoms with E-state index in [-0.39, 0.29) is 80.4 Å². The highest BCUT2D eigenvalue weighted by Gasteiger charge is 2.40. The molecule has 2 fully saturated rings. The summed E-state index contributed by atoms with van der Waals surface area (Å²) in [6, 6.07) is 19.7. The lowest BCUT2D eigenvalue weighted by atomic mass is 9.89. The molecule has 444 valence electrons. The molecule has 0 aliphatic heterocycles. The molecule has 6 N–H and O–H groups in total. The fourth-order valence-electron chi connectivity index (χ4n) is 9.79. The lowest BCUT2D eigenvalue weighted by Gasteiger charge is -2.21. The number of ether oxygens (including phenoxy) is 2. The number of allylic oxidation sites excluding steroid dienone is 4. The van der Waals surface area contributed by atoms with E-state index in [0.29, 0.717) is 90.1 Å². The van der Waals surface area contributed by atoms with Gasteiger partial charge in [0.25, 0.3) is 10.2 Å². The Bertz CT molecular complexity index is 2210. The van der Waals surface area contributed by atoms with E-state index >= 15 is 0 Å². The summed E-state index contributed by atoms with van der Waals surface area (Å²) in [5, 5.41) is 66.8. The van der Waals surface area contributed by atoms with Crippen molar-refractivity contribution in [1.29, 1.82) is 0 Å². The van der Waals surface area contributed by atoms with Gasteiger partial charge in [0.05, 0.1) is 37.6 Å². The highest BCUT2D eigenvalue weighted by molar-refractivity contribution is 5.76. The number of nitrogens with zero attached hydrogens (tertiary/aromatic N) is 2. The quantitative estimate of drug-likeness (QED) is 0.0121. The van der Waals surface area contributed by atoms with Crippen molar-refractivity contribution in [2.75, 3.05) is 26.3 Å². The van der Waals surface area contributed by atoms with Crippen LogP contribution in [0, 0.1) is 43.9 Å². The first-order valence-corrected chi connectivity index (χ1v) is 28.5. The Labute approximate surface area is 471 Å². The van der Waals surface area contributed by atoms with E-state index in [1.165, 1.54) is 0 Å². The normalized spacial score (nSPS) is 21.5. The zero-order valence-corrected chi connectivity index (χ0v) is 46.7. The van der Waals surface area contributed by atoms with Crippen molar-refractivity contribution < 1.29 is 68.9 Å². The number of nitrogens with one attached hydrogen (secondary N) is 2. The van der Waals surface area contributed by atoms with E-state index in [1.807, 2.05) is 117 Å². The second kappa shape index (κ2) is 40.7. The van der Waals surface area contributed by atoms with Crippen molar-refractivity contribution in [2.24, 2.45) is 23.7 Å². The molecule has 2 aliphatic carbocycles. The van der Waals surface area contributed by atoms with Gasteiger partial charge in [0.2, 0.25) is 11.8 Å². The standard InChI is InChI=1S/C31H46N2O8.C29H42N2O8/c1-2-32-30(36)16-10-4-3-9-15-26-27(29(35)23-28(26)34)21-20-25(19-18-24-13-7-5-8-14-24)41-31(37)17-11-6-12-22-40-33(38)39;1-2-30-28(34)14-9-4-3-8-13-24-25(27(33)21-26(24)32)19-18-23(17-16-22-11-6-5-7-12-22)39-29(35)15-10-20-38-31(36)37/h3,5,7-9,13-14,20-21,25-29,34-35H,2,4,6,10-12,15-19,22-23H2,1H3,(H,32,36);3,5-8,11-12,18-19,23-27,32-33H,2,4,9-10,13-17,20-21H2,1H3,(H,30,34)/b9-3-,21-20+;8-3-,19-18+/t25-,26+,27+,28-,29+;23-,24+,25+,26-,27+/m00/s1. The number of rotatable bonds is 38. The second-order valence-corrected chi connectivity index (χ2v) is 20.2. The number of amides is 2. The van der Waals surface area contributed by atoms with Crippen LogP contribution < -0.4 is 10.6 Å². The van der Waals surface area contributed by atoms with E-state index in [2.05, 4.69) is 20.3 Å². The van der Waals surface area contributed by atoms with Crippen LogP contribution in [0.15, 0.2) is 109 Å². The summed E-state index contributed by atoms with van der Waals surface area (Å²) in [6.07, 6.45) is 21.8. The minimum absolute atomic E-state index is 0.00647. The number of hydrogen-bond donors (Lipinski definition) is 6. The van der Waals surface area contributed by atoms with Gasteiger partial charge in [0.1, 0.15) is 12.2 Å². The zero-order valence-electron chi connectivity index (χ0n) is 46.7. The van der Waals surface area contributed by atoms with Crippen LogP contribution in [0.2, 0.25) is 0 Å². The van der Waals surface area contributed by atoms with Gasteiger partial charge in [-0.05, 0) is 132 Å². The van der Waals surface area contributed by atoms with Gasteiger partial charge < -0.3 is 50.2 Å². The summed E-state index contributed by atoms with van der Waals surface area (Å²) >= 11 is 0. The molecule has 20 nitrogen and oxygen atoms in total. The first-order chi connectivity index (χ1) is 38.6. The Hall–Kier alpha value is -6.48. The van der Waals surface area contributed by atoms with Crippen LogP contribution in [0.5, 0.6) is 0 Å². The number of unbranched alkanes of at least 4 members (excludes halogenated alkanes) is 4. The van der Waals surface area contributed by atoms with Crippen molar-refractivity contribution >= 4 is 23.8 Å². The number of aryl methyl sites for hydroxylation is 2. The Morgan fingerprint density at radius 3 is 1.39 bits per heavy atom. The lowest BCUT2D eigenvalue weighted by molar-refractivity contribution is -0.757. The third-order valence-corrected chi connectivity index (χ3v) is 14.0. The van der Waals surface area contributed by atoms with E-state index in [1.54, 1.807) is 6.08 Å². The molecular formula is C60H88N4O16. The topological polar surface area (TPSA) is 296 Å². The molecule has 0 radical (unpaired) electrons. The number of carbonyl (C=O) groups excluding carboxylic acids is 4. The average Bonchev–Trinajstić information content (AvgIpc) is 3.91. The molecule has 2 aliphatic rings. The summed E-state index contributed by atoms with van der Waals surface area (Å²) in [5.74, 6) is -1.65. The smallest absolute Gasteiger partial charge is 0.306 e. The molecule has 0 unspecified atom stereocenters. The van der Waals surface area contributed by atoms with Crippen LogP contribution >= 0.6 is 0 Å². The molecule has 0 bridgehead atoms. The fraction of sp³-hybridized carbons (Fsp3) is 0.600. The molecule has 2 aromatic carbocycles. The largest absolute Gasteiger partial charge is 0.458 e. The summed E-state index contributed by atoms with van der Waals surface area (Å²) in [4.78, 5) is 77.1. The molecule has 80 heavy (non-hydrogen) atoms. The number of carbonyl (C=O) groups is 4. The maximum Gasteiger partial charge on any atom is 0.306 e. The molecule has 2 amide bonds. The maximum atomic E-state index is 12.6. The Morgan fingerprint density at radius 2 is 0.975 bits per heavy atom. The van der Waals surface area contributed by atoms with Crippen LogP contribution in [0.3, 0.4) is 0 Å². The van der Waals surface area contributed by atoms with Gasteiger partial charge in [-0.2, -0.15) is 0 Å². The van der Waals surface area contributed by atoms with Crippen molar-refractivity contribution in [3.63, 3.8) is 0 Å². The molecule has 4 rings (SSSR count). The van der Waals surface area contributed by atoms with Gasteiger partial charge in [-0.25, -0.2) is 0 Å². The van der Waals surface area contributed by atoms with Crippen molar-refractivity contribution in [2.45, 2.75) is 179 Å².